The van der Waals surface area contributed by atoms with Gasteiger partial charge in [-0.1, -0.05) is 36.8 Å². The summed E-state index contributed by atoms with van der Waals surface area (Å²) in [6, 6.07) is 10.7. The maximum Gasteiger partial charge on any atom is -0.00248 e. The van der Waals surface area contributed by atoms with Crippen LogP contribution >= 0.6 is 12.4 Å². The minimum Gasteiger partial charge on any atom is -0.309 e. The lowest BCUT2D eigenvalue weighted by molar-refractivity contribution is 0.391. The fourth-order valence-electron chi connectivity index (χ4n) is 1.58. The Morgan fingerprint density at radius 1 is 0.933 bits per heavy atom. The monoisotopic (exact) mass is 227 g/mol. The van der Waals surface area contributed by atoms with Gasteiger partial charge in [0.1, 0.15) is 0 Å². The van der Waals surface area contributed by atoms with E-state index in [9.17, 15) is 0 Å². The second kappa shape index (κ2) is 8.75. The molecule has 0 N–H and O–H groups in total. The molecule has 0 unspecified atom stereocenters. The third-order valence-corrected chi connectivity index (χ3v) is 2.41. The fourth-order valence-corrected chi connectivity index (χ4v) is 1.58. The lowest BCUT2D eigenvalue weighted by Crippen LogP contribution is -2.12. The normalized spacial score (nSPS) is 10.1. The average Bonchev–Trinajstić information content (AvgIpc) is 2.18. The molecule has 0 amide bonds. The molecule has 0 heterocycles. The van der Waals surface area contributed by atoms with Crippen molar-refractivity contribution < 1.29 is 0 Å². The summed E-state index contributed by atoms with van der Waals surface area (Å²) in [6.45, 7) is 1.22. The quantitative estimate of drug-likeness (QED) is 0.674. The molecule has 0 atom stereocenters. The van der Waals surface area contributed by atoms with E-state index >= 15 is 0 Å². The van der Waals surface area contributed by atoms with Crippen molar-refractivity contribution in [3.8, 4) is 0 Å². The Morgan fingerprint density at radius 3 is 2.20 bits per heavy atom. The van der Waals surface area contributed by atoms with Gasteiger partial charge in [0, 0.05) is 0 Å². The Kier molecular flexibility index (Phi) is 8.44. The van der Waals surface area contributed by atoms with Crippen molar-refractivity contribution in [2.24, 2.45) is 0 Å². The molecule has 86 valence electrons. The smallest absolute Gasteiger partial charge is 0.00248 e. The predicted octanol–water partition coefficient (Wildman–Crippen LogP) is 3.38. The molecule has 0 saturated carbocycles. The van der Waals surface area contributed by atoms with E-state index in [0.717, 1.165) is 0 Å². The van der Waals surface area contributed by atoms with E-state index < -0.39 is 0 Å². The number of unbranched alkanes of at least 4 members (excludes halogenated alkanes) is 2. The zero-order valence-corrected chi connectivity index (χ0v) is 10.6. The van der Waals surface area contributed by atoms with Gasteiger partial charge in [0.2, 0.25) is 0 Å². The number of hydrogen-bond acceptors (Lipinski definition) is 1. The highest BCUT2D eigenvalue weighted by atomic mass is 35.5. The standard InChI is InChI=1S/C13H21N.ClH/c1-14(2)12-8-4-7-11-13-9-5-3-6-10-13;/h3,5-6,9-10H,4,7-8,11-12H2,1-2H3;1H. The van der Waals surface area contributed by atoms with Crippen molar-refractivity contribution in [2.45, 2.75) is 25.7 Å². The Balaban J connectivity index is 0.00000196. The second-order valence-corrected chi connectivity index (χ2v) is 4.10. The van der Waals surface area contributed by atoms with Gasteiger partial charge in [0.25, 0.3) is 0 Å². The second-order valence-electron chi connectivity index (χ2n) is 4.10. The molecule has 0 aliphatic heterocycles. The summed E-state index contributed by atoms with van der Waals surface area (Å²) in [5.74, 6) is 0. The van der Waals surface area contributed by atoms with Crippen LogP contribution in [0.3, 0.4) is 0 Å². The summed E-state index contributed by atoms with van der Waals surface area (Å²) < 4.78 is 0. The maximum atomic E-state index is 2.25. The molecule has 1 nitrogen and oxygen atoms in total. The van der Waals surface area contributed by atoms with Crippen molar-refractivity contribution in [1.29, 1.82) is 0 Å². The number of rotatable bonds is 6. The van der Waals surface area contributed by atoms with Gasteiger partial charge >= 0.3 is 0 Å². The summed E-state index contributed by atoms with van der Waals surface area (Å²) >= 11 is 0. The highest BCUT2D eigenvalue weighted by Gasteiger charge is 1.93. The Morgan fingerprint density at radius 2 is 1.60 bits per heavy atom. The number of hydrogen-bond donors (Lipinski definition) is 0. The van der Waals surface area contributed by atoms with Crippen molar-refractivity contribution in [2.75, 3.05) is 20.6 Å². The fraction of sp³-hybridized carbons (Fsp3) is 0.538. The van der Waals surface area contributed by atoms with Gasteiger partial charge < -0.3 is 4.90 Å². The van der Waals surface area contributed by atoms with Crippen molar-refractivity contribution in [3.05, 3.63) is 35.9 Å². The Bertz CT molecular complexity index is 234. The zero-order valence-electron chi connectivity index (χ0n) is 9.78. The highest BCUT2D eigenvalue weighted by molar-refractivity contribution is 5.85. The Hall–Kier alpha value is -0.530. The van der Waals surface area contributed by atoms with Crippen LogP contribution in [0.5, 0.6) is 0 Å². The average molecular weight is 228 g/mol. The summed E-state index contributed by atoms with van der Waals surface area (Å²) in [6.07, 6.45) is 5.21. The summed E-state index contributed by atoms with van der Waals surface area (Å²) in [7, 11) is 4.27. The topological polar surface area (TPSA) is 3.24 Å². The van der Waals surface area contributed by atoms with Crippen molar-refractivity contribution >= 4 is 12.4 Å². The number of halogens is 1. The summed E-state index contributed by atoms with van der Waals surface area (Å²) in [5, 5.41) is 0. The van der Waals surface area contributed by atoms with Crippen LogP contribution < -0.4 is 0 Å². The van der Waals surface area contributed by atoms with Gasteiger partial charge in [0.05, 0.1) is 0 Å². The first-order valence-corrected chi connectivity index (χ1v) is 5.47. The molecule has 0 aromatic heterocycles. The molecule has 15 heavy (non-hydrogen) atoms. The van der Waals surface area contributed by atoms with Crippen molar-refractivity contribution in [1.82, 2.24) is 4.90 Å². The lowest BCUT2D eigenvalue weighted by atomic mass is 10.1. The molecule has 2 heteroatoms. The molecule has 0 saturated heterocycles. The summed E-state index contributed by atoms with van der Waals surface area (Å²) in [5.41, 5.74) is 1.47. The third kappa shape index (κ3) is 7.40. The molecule has 0 aliphatic carbocycles. The van der Waals surface area contributed by atoms with Gasteiger partial charge in [-0.2, -0.15) is 0 Å². The predicted molar refractivity (Wildman–Crippen MR) is 69.8 cm³/mol. The molecule has 0 spiro atoms. The van der Waals surface area contributed by atoms with E-state index in [1.165, 1.54) is 37.8 Å². The first-order valence-electron chi connectivity index (χ1n) is 5.47. The van der Waals surface area contributed by atoms with Crippen LogP contribution in [0.1, 0.15) is 24.8 Å². The number of nitrogens with zero attached hydrogens (tertiary/aromatic N) is 1. The molecule has 0 aliphatic rings. The van der Waals surface area contributed by atoms with E-state index in [1.54, 1.807) is 0 Å². The number of aryl methyl sites for hydroxylation is 1. The molecule has 0 radical (unpaired) electrons. The van der Waals surface area contributed by atoms with E-state index in [0.29, 0.717) is 0 Å². The minimum atomic E-state index is 0. The zero-order chi connectivity index (χ0) is 10.2. The SMILES string of the molecule is CN(C)CCCCCc1ccccc1.Cl. The van der Waals surface area contributed by atoms with Crippen LogP contribution in [0.4, 0.5) is 0 Å². The molecule has 0 bridgehead atoms. The third-order valence-electron chi connectivity index (χ3n) is 2.41. The van der Waals surface area contributed by atoms with Gasteiger partial charge in [-0.3, -0.25) is 0 Å². The van der Waals surface area contributed by atoms with Crippen LogP contribution in [0, 0.1) is 0 Å². The van der Waals surface area contributed by atoms with Gasteiger partial charge in [-0.05, 0) is 45.5 Å². The first-order chi connectivity index (χ1) is 6.79. The van der Waals surface area contributed by atoms with Crippen LogP contribution in [0.25, 0.3) is 0 Å². The molecule has 1 aromatic rings. The van der Waals surface area contributed by atoms with Gasteiger partial charge in [-0.15, -0.1) is 12.4 Å². The van der Waals surface area contributed by atoms with Crippen LogP contribution in [0.2, 0.25) is 0 Å². The molecule has 1 aromatic carbocycles. The van der Waals surface area contributed by atoms with Gasteiger partial charge in [-0.25, -0.2) is 0 Å². The van der Waals surface area contributed by atoms with Crippen LogP contribution in [0.15, 0.2) is 30.3 Å². The van der Waals surface area contributed by atoms with Gasteiger partial charge in [0.15, 0.2) is 0 Å². The van der Waals surface area contributed by atoms with Crippen LogP contribution in [-0.2, 0) is 6.42 Å². The maximum absolute atomic E-state index is 2.25. The van der Waals surface area contributed by atoms with E-state index in [1.807, 2.05) is 0 Å². The molecular formula is C13H22ClN. The van der Waals surface area contributed by atoms with E-state index in [2.05, 4.69) is 49.3 Å². The lowest BCUT2D eigenvalue weighted by Gasteiger charge is -2.08. The minimum absolute atomic E-state index is 0. The Labute approximate surface area is 99.9 Å². The molecule has 0 fully saturated rings. The highest BCUT2D eigenvalue weighted by Crippen LogP contribution is 2.06. The summed E-state index contributed by atoms with van der Waals surface area (Å²) in [4.78, 5) is 2.25. The van der Waals surface area contributed by atoms with E-state index in [4.69, 9.17) is 0 Å². The van der Waals surface area contributed by atoms with Crippen LogP contribution in [-0.4, -0.2) is 25.5 Å². The van der Waals surface area contributed by atoms with Crippen molar-refractivity contribution in [3.63, 3.8) is 0 Å². The molecular weight excluding hydrogens is 206 g/mol. The number of benzene rings is 1. The molecule has 1 rings (SSSR count). The first kappa shape index (κ1) is 14.5. The van der Waals surface area contributed by atoms with E-state index in [-0.39, 0.29) is 12.4 Å². The largest absolute Gasteiger partial charge is 0.309 e.